The first-order valence-corrected chi connectivity index (χ1v) is 18.8. The third kappa shape index (κ3) is 6.23. The summed E-state index contributed by atoms with van der Waals surface area (Å²) in [4.78, 5) is 0. The van der Waals surface area contributed by atoms with Crippen LogP contribution in [0, 0.1) is 16.7 Å². The Kier molecular flexibility index (Phi) is 8.93. The zero-order chi connectivity index (χ0) is 28.7. The van der Waals surface area contributed by atoms with Crippen molar-refractivity contribution in [2.24, 2.45) is 16.7 Å². The highest BCUT2D eigenvalue weighted by Crippen LogP contribution is 2.68. The second-order valence-electron chi connectivity index (χ2n) is 15.6. The standard InChI is InChI=1S/C35H58O3Si/c1-32(2,3)39(8,9)38-31-18-17-30-34(31,6)23-20-29-28-16-15-27(37-7)25-26(28)19-24-35(29,30)22-14-12-10-11-13-21-33(4,5)36/h14-16,22,25,29-31,36H,10-13,17-21,23-24H2,1-9H3/t29-,30-,31+,34+,35?/m1/s1. The molecule has 3 aliphatic carbocycles. The Bertz CT molecular complexity index is 1020. The normalized spacial score (nSPS) is 31.2. The number of fused-ring (bicyclic) bond motifs is 5. The van der Waals surface area contributed by atoms with Crippen LogP contribution in [0.15, 0.2) is 30.4 Å². The van der Waals surface area contributed by atoms with Crippen molar-refractivity contribution in [3.05, 3.63) is 41.5 Å². The Hall–Kier alpha value is -1.10. The lowest BCUT2D eigenvalue weighted by Gasteiger charge is -2.58. The third-order valence-corrected chi connectivity index (χ3v) is 15.9. The van der Waals surface area contributed by atoms with E-state index in [1.165, 1.54) is 50.5 Å². The molecule has 2 saturated carbocycles. The van der Waals surface area contributed by atoms with Gasteiger partial charge in [0.25, 0.3) is 0 Å². The average Bonchev–Trinajstić information content (AvgIpc) is 3.17. The largest absolute Gasteiger partial charge is 0.497 e. The molecule has 3 aliphatic rings. The van der Waals surface area contributed by atoms with Gasteiger partial charge in [0, 0.05) is 0 Å². The van der Waals surface area contributed by atoms with Gasteiger partial charge < -0.3 is 14.3 Å². The Balaban J connectivity index is 1.60. The smallest absolute Gasteiger partial charge is 0.192 e. The molecule has 0 spiro atoms. The van der Waals surface area contributed by atoms with Crippen LogP contribution >= 0.6 is 0 Å². The summed E-state index contributed by atoms with van der Waals surface area (Å²) in [6.07, 6.45) is 18.5. The van der Waals surface area contributed by atoms with E-state index >= 15 is 0 Å². The molecule has 4 rings (SSSR count). The number of unbranched alkanes of at least 4 members (excludes halogenated alkanes) is 3. The third-order valence-electron chi connectivity index (χ3n) is 11.4. The van der Waals surface area contributed by atoms with Crippen molar-refractivity contribution in [2.45, 2.75) is 148 Å². The van der Waals surface area contributed by atoms with Crippen LogP contribution in [-0.4, -0.2) is 32.2 Å². The molecule has 0 amide bonds. The summed E-state index contributed by atoms with van der Waals surface area (Å²) in [5.74, 6) is 2.25. The highest BCUT2D eigenvalue weighted by Gasteiger charge is 2.62. The number of aryl methyl sites for hydroxylation is 1. The number of aliphatic hydroxyl groups is 1. The van der Waals surface area contributed by atoms with E-state index < -0.39 is 13.9 Å². The second kappa shape index (κ2) is 11.3. The van der Waals surface area contributed by atoms with Gasteiger partial charge in [-0.25, -0.2) is 0 Å². The number of allylic oxidation sites excluding steroid dienone is 2. The molecule has 0 heterocycles. The van der Waals surface area contributed by atoms with E-state index in [0.717, 1.165) is 31.4 Å². The minimum Gasteiger partial charge on any atom is -0.497 e. The van der Waals surface area contributed by atoms with E-state index in [4.69, 9.17) is 9.16 Å². The van der Waals surface area contributed by atoms with Crippen LogP contribution in [0.5, 0.6) is 5.75 Å². The van der Waals surface area contributed by atoms with Crippen molar-refractivity contribution < 1.29 is 14.3 Å². The van der Waals surface area contributed by atoms with E-state index in [1.807, 2.05) is 13.8 Å². The van der Waals surface area contributed by atoms with Crippen LogP contribution in [-0.2, 0) is 10.8 Å². The van der Waals surface area contributed by atoms with Gasteiger partial charge in [-0.3, -0.25) is 0 Å². The molecule has 0 aliphatic heterocycles. The van der Waals surface area contributed by atoms with E-state index in [9.17, 15) is 5.11 Å². The fourth-order valence-electron chi connectivity index (χ4n) is 8.14. The number of hydrogen-bond acceptors (Lipinski definition) is 3. The van der Waals surface area contributed by atoms with Gasteiger partial charge in [0.05, 0.1) is 18.8 Å². The van der Waals surface area contributed by atoms with Gasteiger partial charge in [-0.05, 0) is 136 Å². The Labute approximate surface area is 241 Å². The van der Waals surface area contributed by atoms with Crippen molar-refractivity contribution >= 4 is 8.32 Å². The molecule has 1 unspecified atom stereocenters. The first kappa shape index (κ1) is 30.8. The van der Waals surface area contributed by atoms with Crippen molar-refractivity contribution in [3.63, 3.8) is 0 Å². The minimum atomic E-state index is -1.84. The van der Waals surface area contributed by atoms with Crippen LogP contribution in [0.1, 0.15) is 123 Å². The molecule has 1 N–H and O–H groups in total. The lowest BCUT2D eigenvalue weighted by molar-refractivity contribution is -0.0482. The maximum Gasteiger partial charge on any atom is 0.192 e. The number of methoxy groups -OCH3 is 1. The fraction of sp³-hybridized carbons (Fsp3) is 0.771. The SMILES string of the molecule is COc1ccc2c(c1)CCC1(C=CCCCCCC(C)(C)O)[C@@H]2CC[C@]2(C)[C@@H](O[Si](C)(C)C(C)(C)C)CC[C@@H]12. The van der Waals surface area contributed by atoms with Gasteiger partial charge in [0.15, 0.2) is 8.32 Å². The summed E-state index contributed by atoms with van der Waals surface area (Å²) in [6.45, 7) is 18.4. The molecule has 0 bridgehead atoms. The van der Waals surface area contributed by atoms with Crippen LogP contribution in [0.4, 0.5) is 0 Å². The van der Waals surface area contributed by atoms with E-state index in [2.05, 4.69) is 71.1 Å². The van der Waals surface area contributed by atoms with Gasteiger partial charge in [0.1, 0.15) is 5.75 Å². The van der Waals surface area contributed by atoms with Crippen LogP contribution in [0.25, 0.3) is 0 Å². The second-order valence-corrected chi connectivity index (χ2v) is 20.3. The highest BCUT2D eigenvalue weighted by atomic mass is 28.4. The molecule has 220 valence electrons. The van der Waals surface area contributed by atoms with E-state index in [0.29, 0.717) is 17.9 Å². The molecule has 0 aromatic heterocycles. The van der Waals surface area contributed by atoms with Crippen molar-refractivity contribution in [1.29, 1.82) is 0 Å². The lowest BCUT2D eigenvalue weighted by Crippen LogP contribution is -2.53. The summed E-state index contributed by atoms with van der Waals surface area (Å²) in [5.41, 5.74) is 3.00. The van der Waals surface area contributed by atoms with Crippen molar-refractivity contribution in [3.8, 4) is 5.75 Å². The predicted molar refractivity (Wildman–Crippen MR) is 167 cm³/mol. The van der Waals surface area contributed by atoms with Gasteiger partial charge in [-0.15, -0.1) is 0 Å². The summed E-state index contributed by atoms with van der Waals surface area (Å²) in [7, 11) is -0.0527. The lowest BCUT2D eigenvalue weighted by atomic mass is 9.47. The van der Waals surface area contributed by atoms with Crippen LogP contribution in [0.2, 0.25) is 18.1 Å². The van der Waals surface area contributed by atoms with E-state index in [1.54, 1.807) is 12.7 Å². The number of benzene rings is 1. The summed E-state index contributed by atoms with van der Waals surface area (Å²) in [6, 6.07) is 6.88. The molecule has 4 heteroatoms. The fourth-order valence-corrected chi connectivity index (χ4v) is 9.59. The molecule has 1 aromatic carbocycles. The molecule has 39 heavy (non-hydrogen) atoms. The Morgan fingerprint density at radius 2 is 1.77 bits per heavy atom. The first-order valence-electron chi connectivity index (χ1n) is 15.9. The number of ether oxygens (including phenoxy) is 1. The topological polar surface area (TPSA) is 38.7 Å². The first-order chi connectivity index (χ1) is 18.1. The van der Waals surface area contributed by atoms with Gasteiger partial charge in [0.2, 0.25) is 0 Å². The van der Waals surface area contributed by atoms with Gasteiger partial charge in [-0.2, -0.15) is 0 Å². The molecular weight excluding hydrogens is 496 g/mol. The number of hydrogen-bond donors (Lipinski definition) is 1. The zero-order valence-electron chi connectivity index (χ0n) is 26.7. The average molecular weight is 555 g/mol. The minimum absolute atomic E-state index is 0.215. The van der Waals surface area contributed by atoms with Crippen LogP contribution in [0.3, 0.4) is 0 Å². The van der Waals surface area contributed by atoms with Gasteiger partial charge in [-0.1, -0.05) is 58.8 Å². The molecule has 0 radical (unpaired) electrons. The molecule has 5 atom stereocenters. The van der Waals surface area contributed by atoms with Gasteiger partial charge >= 0.3 is 0 Å². The maximum absolute atomic E-state index is 10.1. The summed E-state index contributed by atoms with van der Waals surface area (Å²) < 4.78 is 12.8. The monoisotopic (exact) mass is 554 g/mol. The van der Waals surface area contributed by atoms with E-state index in [-0.39, 0.29) is 15.9 Å². The molecule has 0 saturated heterocycles. The predicted octanol–water partition coefficient (Wildman–Crippen LogP) is 9.59. The quantitative estimate of drug-likeness (QED) is 0.178. The number of rotatable bonds is 10. The molecule has 2 fully saturated rings. The summed E-state index contributed by atoms with van der Waals surface area (Å²) >= 11 is 0. The van der Waals surface area contributed by atoms with Crippen LogP contribution < -0.4 is 4.74 Å². The van der Waals surface area contributed by atoms with Crippen molar-refractivity contribution in [1.82, 2.24) is 0 Å². The molecule has 1 aromatic rings. The zero-order valence-corrected chi connectivity index (χ0v) is 27.7. The Morgan fingerprint density at radius 3 is 2.44 bits per heavy atom. The maximum atomic E-state index is 10.1. The molecule has 3 nitrogen and oxygen atoms in total. The van der Waals surface area contributed by atoms with Crippen molar-refractivity contribution in [2.75, 3.05) is 7.11 Å². The summed E-state index contributed by atoms with van der Waals surface area (Å²) in [5, 5.41) is 10.3. The Morgan fingerprint density at radius 1 is 1.03 bits per heavy atom. The highest BCUT2D eigenvalue weighted by molar-refractivity contribution is 6.74. The molecular formula is C35H58O3Si.